The molecule has 1 atom stereocenters. The number of fused-ring (bicyclic) bond motifs is 1. The van der Waals surface area contributed by atoms with Crippen LogP contribution in [0.15, 0.2) is 57.8 Å². The first-order valence-electron chi connectivity index (χ1n) is 9.35. The quantitative estimate of drug-likeness (QED) is 0.505. The molecular weight excluding hydrogens is 446 g/mol. The first-order chi connectivity index (χ1) is 14.7. The van der Waals surface area contributed by atoms with Gasteiger partial charge in [-0.05, 0) is 44.2 Å². The minimum absolute atomic E-state index is 0.0398. The Morgan fingerprint density at radius 3 is 2.45 bits per heavy atom. The topological polar surface area (TPSA) is 112 Å². The van der Waals surface area contributed by atoms with Gasteiger partial charge >= 0.3 is 11.9 Å². The maximum Gasteiger partial charge on any atom is 0.374 e. The highest BCUT2D eigenvalue weighted by molar-refractivity contribution is 7.89. The fourth-order valence-electron chi connectivity index (χ4n) is 2.83. The minimum Gasteiger partial charge on any atom is -0.460 e. The number of sulfonamides is 1. The van der Waals surface area contributed by atoms with Gasteiger partial charge in [-0.2, -0.15) is 4.72 Å². The number of nitrogens with one attached hydrogen (secondary N) is 1. The summed E-state index contributed by atoms with van der Waals surface area (Å²) >= 11 is 5.77. The smallest absolute Gasteiger partial charge is 0.374 e. The van der Waals surface area contributed by atoms with Crippen LogP contribution in [0.3, 0.4) is 0 Å². The monoisotopic (exact) mass is 465 g/mol. The van der Waals surface area contributed by atoms with Crippen molar-refractivity contribution in [1.82, 2.24) is 4.72 Å². The van der Waals surface area contributed by atoms with Crippen molar-refractivity contribution in [3.05, 3.63) is 64.9 Å². The highest BCUT2D eigenvalue weighted by atomic mass is 35.5. The molecule has 1 heterocycles. The number of carbonyl (C=O) groups is 2. The second-order valence-electron chi connectivity index (χ2n) is 6.53. The van der Waals surface area contributed by atoms with Gasteiger partial charge in [0.2, 0.25) is 15.8 Å². The van der Waals surface area contributed by atoms with Crippen LogP contribution in [0.5, 0.6) is 0 Å². The van der Waals surface area contributed by atoms with Crippen LogP contribution in [0.25, 0.3) is 11.0 Å². The largest absolute Gasteiger partial charge is 0.460 e. The van der Waals surface area contributed by atoms with Gasteiger partial charge in [-0.3, -0.25) is 4.79 Å². The number of ether oxygens (including phenoxy) is 2. The van der Waals surface area contributed by atoms with E-state index in [2.05, 4.69) is 4.72 Å². The van der Waals surface area contributed by atoms with E-state index < -0.39 is 28.0 Å². The van der Waals surface area contributed by atoms with Crippen LogP contribution in [0.2, 0.25) is 5.02 Å². The minimum atomic E-state index is -3.96. The van der Waals surface area contributed by atoms with Gasteiger partial charge in [0.05, 0.1) is 17.1 Å². The van der Waals surface area contributed by atoms with Gasteiger partial charge in [-0.15, -0.1) is 0 Å². The van der Waals surface area contributed by atoms with E-state index in [0.717, 1.165) is 0 Å². The van der Waals surface area contributed by atoms with Gasteiger partial charge in [-0.1, -0.05) is 29.8 Å². The van der Waals surface area contributed by atoms with E-state index in [-0.39, 0.29) is 23.9 Å². The molecule has 0 aliphatic rings. The van der Waals surface area contributed by atoms with E-state index in [1.54, 1.807) is 31.2 Å². The molecule has 3 rings (SSSR count). The van der Waals surface area contributed by atoms with Gasteiger partial charge in [0, 0.05) is 10.4 Å². The highest BCUT2D eigenvalue weighted by Crippen LogP contribution is 2.27. The molecule has 2 aromatic carbocycles. The second-order valence-corrected chi connectivity index (χ2v) is 8.68. The molecule has 0 aliphatic heterocycles. The van der Waals surface area contributed by atoms with E-state index in [1.807, 2.05) is 0 Å². The lowest BCUT2D eigenvalue weighted by Gasteiger charge is -2.14. The molecule has 0 fully saturated rings. The van der Waals surface area contributed by atoms with Gasteiger partial charge in [-0.25, -0.2) is 13.2 Å². The second kappa shape index (κ2) is 9.51. The predicted octanol–water partition coefficient (Wildman–Crippen LogP) is 3.67. The van der Waals surface area contributed by atoms with Crippen molar-refractivity contribution in [2.75, 3.05) is 6.61 Å². The Balaban J connectivity index is 1.74. The Kier molecular flexibility index (Phi) is 6.99. The summed E-state index contributed by atoms with van der Waals surface area (Å²) in [6.07, 6.45) is 0. The fourth-order valence-corrected chi connectivity index (χ4v) is 4.15. The zero-order valence-corrected chi connectivity index (χ0v) is 18.3. The lowest BCUT2D eigenvalue weighted by molar-refractivity contribution is -0.146. The van der Waals surface area contributed by atoms with Crippen molar-refractivity contribution in [3.63, 3.8) is 0 Å². The summed E-state index contributed by atoms with van der Waals surface area (Å²) in [6.45, 7) is 2.87. The molecule has 0 amide bonds. The molecule has 0 radical (unpaired) electrons. The molecular formula is C21H20ClNO7S. The molecule has 3 aromatic rings. The van der Waals surface area contributed by atoms with Crippen LogP contribution in [0, 0.1) is 0 Å². The van der Waals surface area contributed by atoms with Crippen molar-refractivity contribution in [1.29, 1.82) is 0 Å². The summed E-state index contributed by atoms with van der Waals surface area (Å²) in [4.78, 5) is 24.6. The predicted molar refractivity (Wildman–Crippen MR) is 113 cm³/mol. The normalized spacial score (nSPS) is 12.5. The highest BCUT2D eigenvalue weighted by Gasteiger charge is 2.26. The molecule has 1 unspecified atom stereocenters. The van der Waals surface area contributed by atoms with E-state index in [4.69, 9.17) is 25.5 Å². The molecule has 0 bridgehead atoms. The Labute approximate surface area is 184 Å². The van der Waals surface area contributed by atoms with E-state index in [9.17, 15) is 18.0 Å². The molecule has 0 spiro atoms. The summed E-state index contributed by atoms with van der Waals surface area (Å²) < 4.78 is 43.0. The number of furan rings is 1. The number of benzene rings is 2. The number of halogens is 1. The van der Waals surface area contributed by atoms with Crippen molar-refractivity contribution >= 4 is 44.5 Å². The average molecular weight is 466 g/mol. The molecule has 0 aliphatic carbocycles. The fraction of sp³-hybridized carbons (Fsp3) is 0.238. The third-order valence-corrected chi connectivity index (χ3v) is 6.14. The van der Waals surface area contributed by atoms with Crippen molar-refractivity contribution in [2.45, 2.75) is 31.4 Å². The van der Waals surface area contributed by atoms with Crippen LogP contribution in [0.4, 0.5) is 0 Å². The Bertz CT molecular complexity index is 1200. The molecule has 1 aromatic heterocycles. The van der Waals surface area contributed by atoms with Crippen LogP contribution in [-0.2, 0) is 30.9 Å². The molecule has 8 nitrogen and oxygen atoms in total. The van der Waals surface area contributed by atoms with Gasteiger partial charge < -0.3 is 13.9 Å². The number of hydrogen-bond acceptors (Lipinski definition) is 7. The van der Waals surface area contributed by atoms with Gasteiger partial charge in [0.1, 0.15) is 18.2 Å². The van der Waals surface area contributed by atoms with Crippen molar-refractivity contribution in [2.24, 2.45) is 0 Å². The van der Waals surface area contributed by atoms with Crippen molar-refractivity contribution < 1.29 is 31.9 Å². The van der Waals surface area contributed by atoms with E-state index in [0.29, 0.717) is 21.6 Å². The standard InChI is InChI=1S/C21H20ClNO7S/c1-3-28-21(25)19-17(16-6-4-5-7-18(16)30-19)12-29-20(24)13(2)23-31(26,27)15-10-8-14(22)9-11-15/h4-11,13,23H,3,12H2,1-2H3. The SMILES string of the molecule is CCOC(=O)c1oc2ccccc2c1COC(=O)C(C)NS(=O)(=O)c1ccc(Cl)cc1. The number of para-hydroxylation sites is 1. The number of hydrogen-bond donors (Lipinski definition) is 1. The number of carbonyl (C=O) groups excluding carboxylic acids is 2. The molecule has 31 heavy (non-hydrogen) atoms. The van der Waals surface area contributed by atoms with Crippen LogP contribution in [-0.4, -0.2) is 33.0 Å². The molecule has 1 N–H and O–H groups in total. The summed E-state index contributed by atoms with van der Waals surface area (Å²) in [6, 6.07) is 11.2. The summed E-state index contributed by atoms with van der Waals surface area (Å²) in [5, 5.41) is 0.976. The van der Waals surface area contributed by atoms with Gasteiger partial charge in [0.15, 0.2) is 0 Å². The Hall–Kier alpha value is -2.88. The molecule has 0 saturated carbocycles. The van der Waals surface area contributed by atoms with Crippen LogP contribution in [0.1, 0.15) is 30.0 Å². The number of esters is 2. The Morgan fingerprint density at radius 1 is 1.10 bits per heavy atom. The summed E-state index contributed by atoms with van der Waals surface area (Å²) in [5.41, 5.74) is 0.781. The first kappa shape index (κ1) is 22.8. The Morgan fingerprint density at radius 2 is 1.77 bits per heavy atom. The zero-order valence-electron chi connectivity index (χ0n) is 16.8. The first-order valence-corrected chi connectivity index (χ1v) is 11.2. The third-order valence-electron chi connectivity index (χ3n) is 4.33. The maximum atomic E-state index is 12.4. The lowest BCUT2D eigenvalue weighted by atomic mass is 10.1. The third kappa shape index (κ3) is 5.25. The lowest BCUT2D eigenvalue weighted by Crippen LogP contribution is -2.39. The summed E-state index contributed by atoms with van der Waals surface area (Å²) in [5.74, 6) is -1.57. The van der Waals surface area contributed by atoms with E-state index in [1.165, 1.54) is 31.2 Å². The number of rotatable bonds is 8. The average Bonchev–Trinajstić information content (AvgIpc) is 3.11. The summed E-state index contributed by atoms with van der Waals surface area (Å²) in [7, 11) is -3.96. The van der Waals surface area contributed by atoms with Crippen LogP contribution >= 0.6 is 11.6 Å². The van der Waals surface area contributed by atoms with Crippen molar-refractivity contribution in [3.8, 4) is 0 Å². The molecule has 164 valence electrons. The maximum absolute atomic E-state index is 12.4. The van der Waals surface area contributed by atoms with E-state index >= 15 is 0 Å². The zero-order chi connectivity index (χ0) is 22.6. The molecule has 0 saturated heterocycles. The van der Waals surface area contributed by atoms with Crippen LogP contribution < -0.4 is 4.72 Å². The molecule has 10 heteroatoms. The van der Waals surface area contributed by atoms with Gasteiger partial charge in [0.25, 0.3) is 0 Å².